The summed E-state index contributed by atoms with van der Waals surface area (Å²) in [4.78, 5) is 26.7. The molecule has 33 heavy (non-hydrogen) atoms. The Bertz CT molecular complexity index is 1110. The Labute approximate surface area is 193 Å². The Balaban J connectivity index is 2.44. The molecule has 0 bridgehead atoms. The molecule has 2 rings (SSSR count). The maximum atomic E-state index is 14.3. The zero-order valence-electron chi connectivity index (χ0n) is 19.2. The van der Waals surface area contributed by atoms with E-state index in [1.165, 1.54) is 64.6 Å². The van der Waals surface area contributed by atoms with Crippen molar-refractivity contribution in [1.82, 2.24) is 10.2 Å². The largest absolute Gasteiger partial charge is 0.493 e. The van der Waals surface area contributed by atoms with Crippen molar-refractivity contribution in [2.45, 2.75) is 19.5 Å². The van der Waals surface area contributed by atoms with E-state index in [0.717, 1.165) is 15.5 Å². The van der Waals surface area contributed by atoms with Crippen LogP contribution in [0.3, 0.4) is 0 Å². The minimum absolute atomic E-state index is 0.168. The molecule has 0 aliphatic rings. The fourth-order valence-corrected chi connectivity index (χ4v) is 4.04. The lowest BCUT2D eigenvalue weighted by atomic mass is 10.1. The van der Waals surface area contributed by atoms with Crippen molar-refractivity contribution in [1.29, 1.82) is 0 Å². The number of sulfonamides is 1. The molecule has 0 aliphatic carbocycles. The number of anilines is 1. The van der Waals surface area contributed by atoms with E-state index in [0.29, 0.717) is 5.75 Å². The summed E-state index contributed by atoms with van der Waals surface area (Å²) in [6, 6.07) is 9.29. The lowest BCUT2D eigenvalue weighted by molar-refractivity contribution is -0.139. The number of methoxy groups -OCH3 is 2. The molecule has 0 saturated carbocycles. The summed E-state index contributed by atoms with van der Waals surface area (Å²) in [5, 5.41) is 2.45. The molecule has 0 spiro atoms. The molecule has 1 atom stereocenters. The van der Waals surface area contributed by atoms with Crippen LogP contribution in [0.2, 0.25) is 0 Å². The molecule has 1 unspecified atom stereocenters. The van der Waals surface area contributed by atoms with Crippen molar-refractivity contribution in [3.8, 4) is 11.5 Å². The highest BCUT2D eigenvalue weighted by Gasteiger charge is 2.30. The predicted molar refractivity (Wildman–Crippen MR) is 122 cm³/mol. The van der Waals surface area contributed by atoms with Crippen molar-refractivity contribution in [3.05, 3.63) is 53.8 Å². The Hall–Kier alpha value is -3.34. The first-order valence-corrected chi connectivity index (χ1v) is 11.8. The van der Waals surface area contributed by atoms with Gasteiger partial charge in [-0.3, -0.25) is 13.9 Å². The first-order chi connectivity index (χ1) is 15.5. The van der Waals surface area contributed by atoms with Gasteiger partial charge in [-0.15, -0.1) is 0 Å². The number of hydrogen-bond donors (Lipinski definition) is 1. The first kappa shape index (κ1) is 25.9. The molecule has 2 aromatic carbocycles. The third-order valence-corrected chi connectivity index (χ3v) is 6.19. The van der Waals surface area contributed by atoms with Gasteiger partial charge in [-0.25, -0.2) is 12.8 Å². The molecule has 180 valence electrons. The Morgan fingerprint density at radius 1 is 1.09 bits per heavy atom. The maximum Gasteiger partial charge on any atom is 0.244 e. The minimum Gasteiger partial charge on any atom is -0.493 e. The molecule has 0 radical (unpaired) electrons. The third-order valence-electron chi connectivity index (χ3n) is 5.05. The van der Waals surface area contributed by atoms with E-state index in [9.17, 15) is 22.4 Å². The summed E-state index contributed by atoms with van der Waals surface area (Å²) >= 11 is 0. The summed E-state index contributed by atoms with van der Waals surface area (Å²) in [6.07, 6.45) is 0.959. The average molecular weight is 482 g/mol. The average Bonchev–Trinajstić information content (AvgIpc) is 2.79. The van der Waals surface area contributed by atoms with Crippen LogP contribution in [0.5, 0.6) is 11.5 Å². The second-order valence-electron chi connectivity index (χ2n) is 7.21. The zero-order chi connectivity index (χ0) is 24.8. The molecular weight excluding hydrogens is 453 g/mol. The van der Waals surface area contributed by atoms with Crippen molar-refractivity contribution in [2.75, 3.05) is 38.4 Å². The second kappa shape index (κ2) is 11.0. The number of halogens is 1. The Morgan fingerprint density at radius 2 is 1.73 bits per heavy atom. The van der Waals surface area contributed by atoms with Crippen LogP contribution in [-0.2, 0) is 26.2 Å². The Morgan fingerprint density at radius 3 is 2.27 bits per heavy atom. The molecule has 0 aromatic heterocycles. The van der Waals surface area contributed by atoms with Gasteiger partial charge < -0.3 is 19.7 Å². The highest BCUT2D eigenvalue weighted by Crippen LogP contribution is 2.32. The number of carbonyl (C=O) groups excluding carboxylic acids is 2. The molecule has 0 aliphatic heterocycles. The van der Waals surface area contributed by atoms with Gasteiger partial charge in [0.25, 0.3) is 0 Å². The van der Waals surface area contributed by atoms with Gasteiger partial charge in [-0.2, -0.15) is 0 Å². The number of carbonyl (C=O) groups is 2. The van der Waals surface area contributed by atoms with Crippen LogP contribution in [0.15, 0.2) is 42.5 Å². The number of likely N-dealkylation sites (N-methyl/N-ethyl adjacent to an activating group) is 1. The van der Waals surface area contributed by atoms with E-state index >= 15 is 0 Å². The fourth-order valence-electron chi connectivity index (χ4n) is 3.20. The van der Waals surface area contributed by atoms with Gasteiger partial charge in [-0.05, 0) is 25.1 Å². The van der Waals surface area contributed by atoms with E-state index in [4.69, 9.17) is 9.47 Å². The maximum absolute atomic E-state index is 14.3. The summed E-state index contributed by atoms with van der Waals surface area (Å²) in [5.41, 5.74) is 0.362. The topological polar surface area (TPSA) is 105 Å². The monoisotopic (exact) mass is 481 g/mol. The molecule has 0 fully saturated rings. The Kier molecular flexibility index (Phi) is 8.63. The van der Waals surface area contributed by atoms with Gasteiger partial charge >= 0.3 is 0 Å². The summed E-state index contributed by atoms with van der Waals surface area (Å²) in [6.45, 7) is 0.659. The zero-order valence-corrected chi connectivity index (χ0v) is 20.0. The van der Waals surface area contributed by atoms with Crippen LogP contribution in [0.25, 0.3) is 0 Å². The number of nitrogens with zero attached hydrogens (tertiary/aromatic N) is 2. The summed E-state index contributed by atoms with van der Waals surface area (Å²) in [7, 11) is 0.347. The van der Waals surface area contributed by atoms with Crippen molar-refractivity contribution >= 4 is 27.5 Å². The van der Waals surface area contributed by atoms with Crippen LogP contribution >= 0.6 is 0 Å². The van der Waals surface area contributed by atoms with E-state index in [1.807, 2.05) is 0 Å². The summed E-state index contributed by atoms with van der Waals surface area (Å²) in [5.74, 6) is -1.04. The number of hydrogen-bond acceptors (Lipinski definition) is 6. The predicted octanol–water partition coefficient (Wildman–Crippen LogP) is 1.77. The third kappa shape index (κ3) is 6.35. The van der Waals surface area contributed by atoms with Crippen LogP contribution in [0.4, 0.5) is 10.1 Å². The fraction of sp³-hybridized carbons (Fsp3) is 0.364. The van der Waals surface area contributed by atoms with Crippen LogP contribution in [-0.4, -0.2) is 65.2 Å². The van der Waals surface area contributed by atoms with E-state index in [2.05, 4.69) is 5.32 Å². The van der Waals surface area contributed by atoms with E-state index in [-0.39, 0.29) is 23.5 Å². The highest BCUT2D eigenvalue weighted by molar-refractivity contribution is 7.92. The van der Waals surface area contributed by atoms with Gasteiger partial charge in [0.15, 0.2) is 11.5 Å². The van der Waals surface area contributed by atoms with Gasteiger partial charge in [0.1, 0.15) is 18.4 Å². The van der Waals surface area contributed by atoms with Crippen LogP contribution < -0.4 is 19.1 Å². The second-order valence-corrected chi connectivity index (χ2v) is 9.12. The standard InChI is InChI=1S/C22H28FN3O6S/c1-15(22(28)24-2)25(13-16-8-6-7-9-18(16)23)21(27)14-26(33(5,29)30)17-10-11-19(31-3)20(12-17)32-4/h6-12,15H,13-14H2,1-5H3,(H,24,28). The number of benzene rings is 2. The SMILES string of the molecule is CNC(=O)C(C)N(Cc1ccccc1F)C(=O)CN(c1ccc(OC)c(OC)c1)S(C)(=O)=O. The van der Waals surface area contributed by atoms with Crippen LogP contribution in [0, 0.1) is 5.82 Å². The van der Waals surface area contributed by atoms with Gasteiger partial charge in [0.05, 0.1) is 26.2 Å². The molecule has 2 amide bonds. The van der Waals surface area contributed by atoms with Gasteiger partial charge in [0.2, 0.25) is 21.8 Å². The number of rotatable bonds is 10. The number of amides is 2. The highest BCUT2D eigenvalue weighted by atomic mass is 32.2. The van der Waals surface area contributed by atoms with E-state index in [1.54, 1.807) is 6.07 Å². The number of nitrogens with one attached hydrogen (secondary N) is 1. The minimum atomic E-state index is -3.91. The summed E-state index contributed by atoms with van der Waals surface area (Å²) < 4.78 is 50.7. The lowest BCUT2D eigenvalue weighted by Gasteiger charge is -2.31. The molecule has 1 N–H and O–H groups in total. The number of ether oxygens (including phenoxy) is 2. The van der Waals surface area contributed by atoms with Gasteiger partial charge in [0, 0.05) is 25.2 Å². The van der Waals surface area contributed by atoms with Crippen molar-refractivity contribution in [3.63, 3.8) is 0 Å². The van der Waals surface area contributed by atoms with Crippen LogP contribution in [0.1, 0.15) is 12.5 Å². The molecule has 0 heterocycles. The lowest BCUT2D eigenvalue weighted by Crippen LogP contribution is -2.50. The van der Waals surface area contributed by atoms with E-state index < -0.39 is 40.2 Å². The molecule has 2 aromatic rings. The quantitative estimate of drug-likeness (QED) is 0.555. The van der Waals surface area contributed by atoms with Crippen molar-refractivity contribution < 1.29 is 31.9 Å². The first-order valence-electron chi connectivity index (χ1n) is 9.97. The molecule has 0 saturated heterocycles. The smallest absolute Gasteiger partial charge is 0.244 e. The molecule has 9 nitrogen and oxygen atoms in total. The van der Waals surface area contributed by atoms with Crippen molar-refractivity contribution in [2.24, 2.45) is 0 Å². The van der Waals surface area contributed by atoms with Gasteiger partial charge in [-0.1, -0.05) is 18.2 Å². The molecular formula is C22H28FN3O6S. The normalized spacial score (nSPS) is 11.9. The molecule has 11 heteroatoms.